The molecule has 130 valence electrons. The second-order valence-electron chi connectivity index (χ2n) is 4.99. The molecule has 0 spiro atoms. The quantitative estimate of drug-likeness (QED) is 0.816. The van der Waals surface area contributed by atoms with Gasteiger partial charge in [-0.2, -0.15) is 18.3 Å². The molecule has 0 unspecified atom stereocenters. The highest BCUT2D eigenvalue weighted by Gasteiger charge is 2.28. The molecule has 0 saturated carbocycles. The van der Waals surface area contributed by atoms with Crippen LogP contribution < -0.4 is 10.6 Å². The predicted octanol–water partition coefficient (Wildman–Crippen LogP) is 3.16. The fourth-order valence-electron chi connectivity index (χ4n) is 1.83. The lowest BCUT2D eigenvalue weighted by molar-refractivity contribution is -0.142. The maximum atomic E-state index is 13.5. The average Bonchev–Trinajstić information content (AvgIpc) is 2.87. The van der Waals surface area contributed by atoms with Crippen molar-refractivity contribution < 1.29 is 26.7 Å². The summed E-state index contributed by atoms with van der Waals surface area (Å²) in [5.74, 6) is -2.20. The van der Waals surface area contributed by atoms with Gasteiger partial charge in [-0.3, -0.25) is 9.48 Å². The molecule has 0 saturated heterocycles. The highest BCUT2D eigenvalue weighted by atomic mass is 19.4. The van der Waals surface area contributed by atoms with Crippen molar-refractivity contribution in [1.82, 2.24) is 9.78 Å². The standard InChI is InChI=1S/C14H13F5N4O/c1-8(13(24)21-11-6-9(15)2-3-10(11)16)20-12-4-5-23(22-12)7-14(17,18)19/h2-6,8H,7H2,1H3,(H,20,22)(H,21,24)/t8-/m0/s1. The monoisotopic (exact) mass is 348 g/mol. The minimum atomic E-state index is -4.42. The molecule has 1 amide bonds. The van der Waals surface area contributed by atoms with E-state index < -0.39 is 36.3 Å². The molecule has 5 nitrogen and oxygen atoms in total. The van der Waals surface area contributed by atoms with Crippen molar-refractivity contribution in [2.24, 2.45) is 0 Å². The van der Waals surface area contributed by atoms with E-state index >= 15 is 0 Å². The molecule has 1 aromatic heterocycles. The number of benzene rings is 1. The summed E-state index contributed by atoms with van der Waals surface area (Å²) in [5.41, 5.74) is -0.337. The van der Waals surface area contributed by atoms with E-state index in [4.69, 9.17) is 0 Å². The second kappa shape index (κ2) is 6.85. The number of carbonyl (C=O) groups is 1. The number of amides is 1. The van der Waals surface area contributed by atoms with E-state index in [0.29, 0.717) is 4.68 Å². The lowest BCUT2D eigenvalue weighted by Gasteiger charge is -2.14. The predicted molar refractivity (Wildman–Crippen MR) is 76.4 cm³/mol. The van der Waals surface area contributed by atoms with Gasteiger partial charge in [0, 0.05) is 18.3 Å². The normalized spacial score (nSPS) is 12.8. The summed E-state index contributed by atoms with van der Waals surface area (Å²) < 4.78 is 63.9. The number of anilines is 2. The molecule has 24 heavy (non-hydrogen) atoms. The number of hydrogen-bond donors (Lipinski definition) is 2. The van der Waals surface area contributed by atoms with Crippen molar-refractivity contribution in [3.63, 3.8) is 0 Å². The molecule has 0 fully saturated rings. The number of halogens is 5. The highest BCUT2D eigenvalue weighted by Crippen LogP contribution is 2.18. The SMILES string of the molecule is C[C@H](Nc1ccn(CC(F)(F)F)n1)C(=O)Nc1cc(F)ccc1F. The summed E-state index contributed by atoms with van der Waals surface area (Å²) in [4.78, 5) is 11.9. The summed E-state index contributed by atoms with van der Waals surface area (Å²) in [7, 11) is 0. The second-order valence-corrected chi connectivity index (χ2v) is 4.99. The maximum absolute atomic E-state index is 13.5. The van der Waals surface area contributed by atoms with E-state index in [1.165, 1.54) is 13.0 Å². The third-order valence-corrected chi connectivity index (χ3v) is 2.93. The van der Waals surface area contributed by atoms with Crippen LogP contribution in [0.2, 0.25) is 0 Å². The van der Waals surface area contributed by atoms with Crippen LogP contribution in [0.1, 0.15) is 6.92 Å². The van der Waals surface area contributed by atoms with Crippen LogP contribution >= 0.6 is 0 Å². The Hall–Kier alpha value is -2.65. The van der Waals surface area contributed by atoms with Crippen LogP contribution in [0, 0.1) is 11.6 Å². The van der Waals surface area contributed by atoms with Crippen LogP contribution in [0.3, 0.4) is 0 Å². The van der Waals surface area contributed by atoms with E-state index in [1.54, 1.807) is 0 Å². The van der Waals surface area contributed by atoms with Gasteiger partial charge in [-0.25, -0.2) is 8.78 Å². The van der Waals surface area contributed by atoms with Crippen LogP contribution in [0.15, 0.2) is 30.5 Å². The number of hydrogen-bond acceptors (Lipinski definition) is 3. The lowest BCUT2D eigenvalue weighted by Crippen LogP contribution is -2.32. The van der Waals surface area contributed by atoms with Gasteiger partial charge in [0.1, 0.15) is 30.0 Å². The van der Waals surface area contributed by atoms with Gasteiger partial charge in [-0.05, 0) is 19.1 Å². The fourth-order valence-corrected chi connectivity index (χ4v) is 1.83. The van der Waals surface area contributed by atoms with Crippen molar-refractivity contribution >= 4 is 17.4 Å². The molecule has 2 N–H and O–H groups in total. The van der Waals surface area contributed by atoms with Gasteiger partial charge < -0.3 is 10.6 Å². The number of alkyl halides is 3. The Morgan fingerprint density at radius 1 is 1.29 bits per heavy atom. The van der Waals surface area contributed by atoms with Crippen molar-refractivity contribution in [3.05, 3.63) is 42.1 Å². The topological polar surface area (TPSA) is 59.0 Å². The Morgan fingerprint density at radius 3 is 2.67 bits per heavy atom. The number of nitrogens with zero attached hydrogens (tertiary/aromatic N) is 2. The number of nitrogens with one attached hydrogen (secondary N) is 2. The molecule has 1 atom stereocenters. The Morgan fingerprint density at radius 2 is 2.00 bits per heavy atom. The first-order chi connectivity index (χ1) is 11.1. The maximum Gasteiger partial charge on any atom is 0.408 e. The van der Waals surface area contributed by atoms with Gasteiger partial charge in [0.25, 0.3) is 0 Å². The molecule has 0 aliphatic carbocycles. The fraction of sp³-hybridized carbons (Fsp3) is 0.286. The van der Waals surface area contributed by atoms with Crippen molar-refractivity contribution in [3.8, 4) is 0 Å². The van der Waals surface area contributed by atoms with E-state index in [1.807, 2.05) is 0 Å². The van der Waals surface area contributed by atoms with Crippen LogP contribution in [0.4, 0.5) is 33.5 Å². The van der Waals surface area contributed by atoms with Crippen molar-refractivity contribution in [2.75, 3.05) is 10.6 Å². The molecule has 2 aromatic rings. The zero-order valence-electron chi connectivity index (χ0n) is 12.4. The molecule has 2 rings (SSSR count). The third-order valence-electron chi connectivity index (χ3n) is 2.93. The zero-order chi connectivity index (χ0) is 17.9. The zero-order valence-corrected chi connectivity index (χ0v) is 12.4. The molecule has 1 aromatic carbocycles. The Labute approximate surface area is 133 Å². The van der Waals surface area contributed by atoms with Gasteiger partial charge in [0.2, 0.25) is 5.91 Å². The summed E-state index contributed by atoms with van der Waals surface area (Å²) in [5, 5.41) is 8.39. The summed E-state index contributed by atoms with van der Waals surface area (Å²) in [6.45, 7) is 0.138. The first-order valence-electron chi connectivity index (χ1n) is 6.77. The smallest absolute Gasteiger partial charge is 0.357 e. The highest BCUT2D eigenvalue weighted by molar-refractivity contribution is 5.96. The number of rotatable bonds is 5. The largest absolute Gasteiger partial charge is 0.408 e. The third kappa shape index (κ3) is 4.93. The van der Waals surface area contributed by atoms with Crippen molar-refractivity contribution in [2.45, 2.75) is 25.7 Å². The Kier molecular flexibility index (Phi) is 5.05. The van der Waals surface area contributed by atoms with Gasteiger partial charge in [-0.15, -0.1) is 0 Å². The first-order valence-corrected chi connectivity index (χ1v) is 6.77. The van der Waals surface area contributed by atoms with E-state index in [2.05, 4.69) is 15.7 Å². The first kappa shape index (κ1) is 17.7. The van der Waals surface area contributed by atoms with E-state index in [0.717, 1.165) is 24.4 Å². The van der Waals surface area contributed by atoms with Gasteiger partial charge >= 0.3 is 6.18 Å². The average molecular weight is 348 g/mol. The summed E-state index contributed by atoms with van der Waals surface area (Å²) in [6.07, 6.45) is -3.31. The minimum absolute atomic E-state index is 0.0432. The Bertz CT molecular complexity index is 728. The van der Waals surface area contributed by atoms with Gasteiger partial charge in [-0.1, -0.05) is 0 Å². The van der Waals surface area contributed by atoms with Gasteiger partial charge in [0.05, 0.1) is 5.69 Å². The molecular weight excluding hydrogens is 335 g/mol. The lowest BCUT2D eigenvalue weighted by atomic mass is 10.2. The molecule has 0 bridgehead atoms. The molecule has 0 radical (unpaired) electrons. The van der Waals surface area contributed by atoms with Crippen molar-refractivity contribution in [1.29, 1.82) is 0 Å². The summed E-state index contributed by atoms with van der Waals surface area (Å²) in [6, 6.07) is 2.90. The number of carbonyl (C=O) groups excluding carboxylic acids is 1. The minimum Gasteiger partial charge on any atom is -0.357 e. The molecule has 0 aliphatic heterocycles. The van der Waals surface area contributed by atoms with E-state index in [9.17, 15) is 26.7 Å². The Balaban J connectivity index is 1.98. The molecule has 10 heteroatoms. The van der Waals surface area contributed by atoms with Gasteiger partial charge in [0.15, 0.2) is 0 Å². The van der Waals surface area contributed by atoms with Crippen LogP contribution in [-0.4, -0.2) is 27.9 Å². The van der Waals surface area contributed by atoms with Crippen LogP contribution in [-0.2, 0) is 11.3 Å². The van der Waals surface area contributed by atoms with E-state index in [-0.39, 0.29) is 11.5 Å². The van der Waals surface area contributed by atoms with Crippen LogP contribution in [0.25, 0.3) is 0 Å². The number of aromatic nitrogens is 2. The molecule has 1 heterocycles. The molecular formula is C14H13F5N4O. The summed E-state index contributed by atoms with van der Waals surface area (Å²) >= 11 is 0. The van der Waals surface area contributed by atoms with Crippen LogP contribution in [0.5, 0.6) is 0 Å². The molecule has 0 aliphatic rings.